The molecule has 0 radical (unpaired) electrons. The molecule has 0 saturated heterocycles. The minimum atomic E-state index is -0.222. The fourth-order valence-electron chi connectivity index (χ4n) is 2.26. The van der Waals surface area contributed by atoms with Crippen molar-refractivity contribution in [2.45, 2.75) is 33.1 Å². The van der Waals surface area contributed by atoms with Crippen LogP contribution in [0.25, 0.3) is 0 Å². The van der Waals surface area contributed by atoms with E-state index < -0.39 is 0 Å². The maximum absolute atomic E-state index is 11.1. The zero-order valence-electron chi connectivity index (χ0n) is 10.6. The van der Waals surface area contributed by atoms with Gasteiger partial charge in [-0.1, -0.05) is 30.3 Å². The quantitative estimate of drug-likeness (QED) is 0.585. The van der Waals surface area contributed by atoms with Gasteiger partial charge in [0.1, 0.15) is 5.76 Å². The summed E-state index contributed by atoms with van der Waals surface area (Å²) in [5.74, 6) is 1.54. The van der Waals surface area contributed by atoms with E-state index in [2.05, 4.69) is 24.3 Å². The Bertz CT molecular complexity index is 441. The molecule has 1 aliphatic carbocycles. The molecule has 0 unspecified atom stereocenters. The summed E-state index contributed by atoms with van der Waals surface area (Å²) in [4.78, 5) is 11.1. The van der Waals surface area contributed by atoms with Crippen LogP contribution in [0.5, 0.6) is 0 Å². The summed E-state index contributed by atoms with van der Waals surface area (Å²) in [6.07, 6.45) is 1.08. The van der Waals surface area contributed by atoms with Crippen LogP contribution in [0.15, 0.2) is 41.7 Å². The molecule has 1 saturated carbocycles. The highest BCUT2D eigenvalue weighted by atomic mass is 16.5. The normalized spacial score (nSPS) is 21.8. The first-order valence-electron chi connectivity index (χ1n) is 6.00. The van der Waals surface area contributed by atoms with E-state index in [0.717, 1.165) is 17.8 Å². The van der Waals surface area contributed by atoms with Gasteiger partial charge in [-0.05, 0) is 37.3 Å². The van der Waals surface area contributed by atoms with E-state index in [0.29, 0.717) is 11.8 Å². The molecule has 0 aliphatic heterocycles. The van der Waals surface area contributed by atoms with E-state index in [1.54, 1.807) is 0 Å². The molecular formula is C15H18O2. The van der Waals surface area contributed by atoms with Crippen LogP contribution in [0.3, 0.4) is 0 Å². The van der Waals surface area contributed by atoms with E-state index in [1.165, 1.54) is 12.5 Å². The van der Waals surface area contributed by atoms with Gasteiger partial charge in [0, 0.05) is 12.8 Å². The number of rotatable bonds is 3. The number of esters is 1. The highest BCUT2D eigenvalue weighted by Gasteiger charge is 2.43. The summed E-state index contributed by atoms with van der Waals surface area (Å²) >= 11 is 0. The molecule has 2 rings (SSSR count). The van der Waals surface area contributed by atoms with Crippen molar-refractivity contribution in [3.8, 4) is 0 Å². The molecule has 0 amide bonds. The number of hydrogen-bond donors (Lipinski definition) is 0. The van der Waals surface area contributed by atoms with E-state index in [1.807, 2.05) is 19.9 Å². The number of benzene rings is 1. The number of ether oxygens (including phenoxy) is 1. The standard InChI is InChI=1S/C15H18O2/c1-10(2)15(17-11(3)16)14-9-13(14)12-7-5-4-6-8-12/h4-8,13-14H,9H2,1-3H3/t13-,14-/m1/s1. The molecular weight excluding hydrogens is 212 g/mol. The predicted octanol–water partition coefficient (Wildman–Crippen LogP) is 3.65. The smallest absolute Gasteiger partial charge is 0.307 e. The van der Waals surface area contributed by atoms with Crippen LogP contribution in [0.4, 0.5) is 0 Å². The van der Waals surface area contributed by atoms with Crippen molar-refractivity contribution < 1.29 is 9.53 Å². The monoisotopic (exact) mass is 230 g/mol. The predicted molar refractivity (Wildman–Crippen MR) is 67.4 cm³/mol. The van der Waals surface area contributed by atoms with Crippen LogP contribution < -0.4 is 0 Å². The molecule has 0 bridgehead atoms. The van der Waals surface area contributed by atoms with Gasteiger partial charge in [0.2, 0.25) is 0 Å². The lowest BCUT2D eigenvalue weighted by Crippen LogP contribution is -2.03. The number of allylic oxidation sites excluding steroid dienone is 2. The summed E-state index contributed by atoms with van der Waals surface area (Å²) < 4.78 is 5.33. The van der Waals surface area contributed by atoms with Gasteiger partial charge in [-0.3, -0.25) is 4.79 Å². The SMILES string of the molecule is CC(=O)OC(=C(C)C)[C@@H]1C[C@@H]1c1ccccc1. The Morgan fingerprint density at radius 2 is 1.82 bits per heavy atom. The summed E-state index contributed by atoms with van der Waals surface area (Å²) in [5, 5.41) is 0. The average Bonchev–Trinajstić information content (AvgIpc) is 3.06. The second-order valence-corrected chi connectivity index (χ2v) is 4.82. The van der Waals surface area contributed by atoms with Gasteiger partial charge >= 0.3 is 5.97 Å². The van der Waals surface area contributed by atoms with E-state index in [-0.39, 0.29) is 5.97 Å². The Hall–Kier alpha value is -1.57. The van der Waals surface area contributed by atoms with Crippen molar-refractivity contribution in [1.29, 1.82) is 0 Å². The van der Waals surface area contributed by atoms with Gasteiger partial charge in [0.05, 0.1) is 0 Å². The number of carbonyl (C=O) groups excluding carboxylic acids is 1. The van der Waals surface area contributed by atoms with Gasteiger partial charge in [0.15, 0.2) is 0 Å². The van der Waals surface area contributed by atoms with Crippen LogP contribution in [0, 0.1) is 5.92 Å². The van der Waals surface area contributed by atoms with Crippen molar-refractivity contribution in [3.05, 3.63) is 47.2 Å². The van der Waals surface area contributed by atoms with Crippen molar-refractivity contribution in [2.24, 2.45) is 5.92 Å². The first kappa shape index (κ1) is 11.9. The summed E-state index contributed by atoms with van der Waals surface area (Å²) in [7, 11) is 0. The third-order valence-electron chi connectivity index (χ3n) is 3.10. The molecule has 1 aromatic rings. The van der Waals surface area contributed by atoms with Crippen molar-refractivity contribution in [1.82, 2.24) is 0 Å². The van der Waals surface area contributed by atoms with Gasteiger partial charge in [0.25, 0.3) is 0 Å². The van der Waals surface area contributed by atoms with Crippen molar-refractivity contribution in [2.75, 3.05) is 0 Å². The van der Waals surface area contributed by atoms with Gasteiger partial charge in [-0.2, -0.15) is 0 Å². The lowest BCUT2D eigenvalue weighted by atomic mass is 10.1. The Morgan fingerprint density at radius 3 is 2.35 bits per heavy atom. The maximum Gasteiger partial charge on any atom is 0.307 e. The van der Waals surface area contributed by atoms with Crippen LogP contribution in [-0.4, -0.2) is 5.97 Å². The largest absolute Gasteiger partial charge is 0.431 e. The number of hydrogen-bond acceptors (Lipinski definition) is 2. The van der Waals surface area contributed by atoms with E-state index in [9.17, 15) is 4.79 Å². The van der Waals surface area contributed by atoms with Crippen molar-refractivity contribution in [3.63, 3.8) is 0 Å². The van der Waals surface area contributed by atoms with Crippen LogP contribution in [0.2, 0.25) is 0 Å². The minimum absolute atomic E-state index is 0.222. The maximum atomic E-state index is 11.1. The molecule has 1 aromatic carbocycles. The fourth-order valence-corrected chi connectivity index (χ4v) is 2.26. The fraction of sp³-hybridized carbons (Fsp3) is 0.400. The zero-order chi connectivity index (χ0) is 12.4. The molecule has 0 aromatic heterocycles. The summed E-state index contributed by atoms with van der Waals surface area (Å²) in [5.41, 5.74) is 2.44. The van der Waals surface area contributed by atoms with Gasteiger partial charge in [-0.25, -0.2) is 0 Å². The Balaban J connectivity index is 2.11. The van der Waals surface area contributed by atoms with Gasteiger partial charge < -0.3 is 4.74 Å². The summed E-state index contributed by atoms with van der Waals surface area (Å²) in [6.45, 7) is 5.46. The Morgan fingerprint density at radius 1 is 1.18 bits per heavy atom. The molecule has 1 fully saturated rings. The Kier molecular flexibility index (Phi) is 3.32. The van der Waals surface area contributed by atoms with Crippen LogP contribution in [0.1, 0.15) is 38.7 Å². The molecule has 1 aliphatic rings. The third kappa shape index (κ3) is 2.76. The minimum Gasteiger partial charge on any atom is -0.431 e. The van der Waals surface area contributed by atoms with E-state index >= 15 is 0 Å². The van der Waals surface area contributed by atoms with Crippen molar-refractivity contribution >= 4 is 5.97 Å². The molecule has 0 N–H and O–H groups in total. The number of carbonyl (C=O) groups is 1. The highest BCUT2D eigenvalue weighted by Crippen LogP contribution is 2.52. The van der Waals surface area contributed by atoms with E-state index in [4.69, 9.17) is 4.74 Å². The molecule has 0 heterocycles. The lowest BCUT2D eigenvalue weighted by Gasteiger charge is -2.09. The molecule has 2 heteroatoms. The van der Waals surface area contributed by atoms with Crippen LogP contribution in [-0.2, 0) is 9.53 Å². The highest BCUT2D eigenvalue weighted by molar-refractivity contribution is 5.67. The molecule has 90 valence electrons. The van der Waals surface area contributed by atoms with Crippen LogP contribution >= 0.6 is 0 Å². The first-order chi connectivity index (χ1) is 8.09. The topological polar surface area (TPSA) is 26.3 Å². The molecule has 2 atom stereocenters. The molecule has 0 spiro atoms. The summed E-state index contributed by atoms with van der Waals surface area (Å²) in [6, 6.07) is 10.4. The lowest BCUT2D eigenvalue weighted by molar-refractivity contribution is -0.137. The second kappa shape index (κ2) is 4.74. The zero-order valence-corrected chi connectivity index (χ0v) is 10.6. The molecule has 2 nitrogen and oxygen atoms in total. The first-order valence-corrected chi connectivity index (χ1v) is 6.00. The second-order valence-electron chi connectivity index (χ2n) is 4.82. The molecule has 17 heavy (non-hydrogen) atoms. The Labute approximate surface area is 102 Å². The third-order valence-corrected chi connectivity index (χ3v) is 3.10. The average molecular weight is 230 g/mol. The van der Waals surface area contributed by atoms with Gasteiger partial charge in [-0.15, -0.1) is 0 Å².